The number of amides is 3. The number of benzene rings is 1. The first-order chi connectivity index (χ1) is 14.4. The van der Waals surface area contributed by atoms with Crippen molar-refractivity contribution in [1.82, 2.24) is 15.1 Å². The van der Waals surface area contributed by atoms with E-state index in [9.17, 15) is 14.0 Å². The number of fused-ring (bicyclic) bond motifs is 1. The van der Waals surface area contributed by atoms with Gasteiger partial charge in [0, 0.05) is 26.2 Å². The first-order valence-corrected chi connectivity index (χ1v) is 10.8. The SMILES string of the molecule is CC(Oc1ccc(F)cc1Cl)C1CCN(C(=O)N2CC[C@@H]3OCC(=O)N[C@@H]3C2)CC1. The lowest BCUT2D eigenvalue weighted by atomic mass is 9.92. The summed E-state index contributed by atoms with van der Waals surface area (Å²) in [6.45, 7) is 4.52. The Morgan fingerprint density at radius 1 is 1.27 bits per heavy atom. The zero-order valence-corrected chi connectivity index (χ0v) is 17.7. The van der Waals surface area contributed by atoms with E-state index in [1.54, 1.807) is 6.07 Å². The number of carbonyl (C=O) groups is 2. The van der Waals surface area contributed by atoms with E-state index in [-0.39, 0.29) is 47.7 Å². The number of halogens is 2. The molecule has 1 aromatic carbocycles. The van der Waals surface area contributed by atoms with Crippen molar-refractivity contribution >= 4 is 23.5 Å². The first-order valence-electron chi connectivity index (χ1n) is 10.5. The fraction of sp³-hybridized carbons (Fsp3) is 0.619. The molecule has 3 aliphatic rings. The molecule has 3 amide bonds. The molecule has 0 aliphatic carbocycles. The predicted molar refractivity (Wildman–Crippen MR) is 109 cm³/mol. The Labute approximate surface area is 180 Å². The van der Waals surface area contributed by atoms with E-state index in [4.69, 9.17) is 21.1 Å². The maximum absolute atomic E-state index is 13.2. The molecule has 1 unspecified atom stereocenters. The number of carbonyl (C=O) groups excluding carboxylic acids is 2. The molecule has 9 heteroatoms. The van der Waals surface area contributed by atoms with E-state index in [1.807, 2.05) is 16.7 Å². The Morgan fingerprint density at radius 2 is 2.00 bits per heavy atom. The minimum absolute atomic E-state index is 0.00577. The van der Waals surface area contributed by atoms with Gasteiger partial charge in [-0.05, 0) is 50.3 Å². The van der Waals surface area contributed by atoms with Crippen molar-refractivity contribution < 1.29 is 23.5 Å². The van der Waals surface area contributed by atoms with E-state index in [0.717, 1.165) is 19.3 Å². The van der Waals surface area contributed by atoms with Crippen LogP contribution >= 0.6 is 11.6 Å². The molecule has 1 aromatic rings. The first kappa shape index (κ1) is 21.2. The summed E-state index contributed by atoms with van der Waals surface area (Å²) in [6.07, 6.45) is 2.29. The van der Waals surface area contributed by atoms with E-state index >= 15 is 0 Å². The maximum atomic E-state index is 13.2. The minimum atomic E-state index is -0.393. The average molecular weight is 440 g/mol. The van der Waals surface area contributed by atoms with Crippen molar-refractivity contribution in [2.75, 3.05) is 32.8 Å². The minimum Gasteiger partial charge on any atom is -0.489 e. The van der Waals surface area contributed by atoms with Gasteiger partial charge in [0.05, 0.1) is 23.3 Å². The number of nitrogens with zero attached hydrogens (tertiary/aromatic N) is 2. The zero-order valence-electron chi connectivity index (χ0n) is 17.0. The molecular weight excluding hydrogens is 413 g/mol. The standard InChI is InChI=1S/C21H27ClFN3O4/c1-13(30-18-3-2-15(23)10-16(18)22)14-4-7-25(8-5-14)21(28)26-9-6-19-17(11-26)24-20(27)12-29-19/h2-3,10,13-14,17,19H,4-9,11-12H2,1H3,(H,24,27)/t13?,17-,19+/m1/s1. The monoisotopic (exact) mass is 439 g/mol. The van der Waals surface area contributed by atoms with Crippen LogP contribution in [0, 0.1) is 11.7 Å². The highest BCUT2D eigenvalue weighted by atomic mass is 35.5. The summed E-state index contributed by atoms with van der Waals surface area (Å²) in [6, 6.07) is 4.01. The molecule has 0 saturated carbocycles. The molecule has 0 spiro atoms. The fourth-order valence-electron chi connectivity index (χ4n) is 4.50. The normalized spacial score (nSPS) is 26.0. The largest absolute Gasteiger partial charge is 0.489 e. The van der Waals surface area contributed by atoms with Gasteiger partial charge >= 0.3 is 6.03 Å². The highest BCUT2D eigenvalue weighted by molar-refractivity contribution is 6.32. The second-order valence-electron chi connectivity index (χ2n) is 8.26. The van der Waals surface area contributed by atoms with E-state index < -0.39 is 5.82 Å². The number of ether oxygens (including phenoxy) is 2. The molecule has 3 fully saturated rings. The summed E-state index contributed by atoms with van der Waals surface area (Å²) in [7, 11) is 0. The van der Waals surface area contributed by atoms with Crippen LogP contribution in [0.3, 0.4) is 0 Å². The van der Waals surface area contributed by atoms with Crippen LogP contribution in [-0.4, -0.2) is 72.8 Å². The molecule has 4 rings (SSSR count). The van der Waals surface area contributed by atoms with Crippen molar-refractivity contribution in [2.45, 2.75) is 44.4 Å². The van der Waals surface area contributed by atoms with Gasteiger partial charge in [0.2, 0.25) is 5.91 Å². The van der Waals surface area contributed by atoms with Crippen molar-refractivity contribution in [3.63, 3.8) is 0 Å². The highest BCUT2D eigenvalue weighted by Gasteiger charge is 2.38. The summed E-state index contributed by atoms with van der Waals surface area (Å²) >= 11 is 6.06. The topological polar surface area (TPSA) is 71.1 Å². The third-order valence-electron chi connectivity index (χ3n) is 6.28. The van der Waals surface area contributed by atoms with Crippen molar-refractivity contribution in [1.29, 1.82) is 0 Å². The van der Waals surface area contributed by atoms with Crippen LogP contribution in [0.5, 0.6) is 5.75 Å². The lowest BCUT2D eigenvalue weighted by Gasteiger charge is -2.43. The van der Waals surface area contributed by atoms with Gasteiger partial charge in [-0.3, -0.25) is 4.79 Å². The van der Waals surface area contributed by atoms with Gasteiger partial charge in [-0.15, -0.1) is 0 Å². The summed E-state index contributed by atoms with van der Waals surface area (Å²) in [4.78, 5) is 28.2. The molecule has 7 nitrogen and oxygen atoms in total. The quantitative estimate of drug-likeness (QED) is 0.786. The number of nitrogens with one attached hydrogen (secondary N) is 1. The number of rotatable bonds is 3. The van der Waals surface area contributed by atoms with Crippen LogP contribution in [-0.2, 0) is 9.53 Å². The second-order valence-corrected chi connectivity index (χ2v) is 8.67. The Hall–Kier alpha value is -2.06. The van der Waals surface area contributed by atoms with Gasteiger partial charge in [-0.25, -0.2) is 9.18 Å². The molecule has 3 aliphatic heterocycles. The zero-order chi connectivity index (χ0) is 21.3. The Kier molecular flexibility index (Phi) is 6.34. The number of likely N-dealkylation sites (tertiary alicyclic amines) is 2. The van der Waals surface area contributed by atoms with Crippen LogP contribution in [0.2, 0.25) is 5.02 Å². The smallest absolute Gasteiger partial charge is 0.320 e. The van der Waals surface area contributed by atoms with E-state index in [2.05, 4.69) is 5.32 Å². The van der Waals surface area contributed by atoms with Crippen molar-refractivity contribution in [2.24, 2.45) is 5.92 Å². The molecular formula is C21H27ClFN3O4. The molecule has 1 N–H and O–H groups in total. The van der Waals surface area contributed by atoms with Gasteiger partial charge in [-0.2, -0.15) is 0 Å². The summed E-state index contributed by atoms with van der Waals surface area (Å²) in [5.41, 5.74) is 0. The third kappa shape index (κ3) is 4.64. The van der Waals surface area contributed by atoms with Gasteiger partial charge < -0.3 is 24.6 Å². The van der Waals surface area contributed by atoms with E-state index in [0.29, 0.717) is 31.9 Å². The van der Waals surface area contributed by atoms with Crippen LogP contribution in [0.15, 0.2) is 18.2 Å². The molecule has 3 heterocycles. The summed E-state index contributed by atoms with van der Waals surface area (Å²) in [5.74, 6) is 0.243. The molecule has 3 saturated heterocycles. The van der Waals surface area contributed by atoms with Gasteiger partial charge in [-0.1, -0.05) is 11.6 Å². The molecule has 0 radical (unpaired) electrons. The molecule has 3 atom stereocenters. The highest BCUT2D eigenvalue weighted by Crippen LogP contribution is 2.30. The Balaban J connectivity index is 1.27. The van der Waals surface area contributed by atoms with Crippen LogP contribution in [0.1, 0.15) is 26.2 Å². The van der Waals surface area contributed by atoms with E-state index in [1.165, 1.54) is 12.1 Å². The molecule has 0 aromatic heterocycles. The number of hydrogen-bond donors (Lipinski definition) is 1. The lowest BCUT2D eigenvalue weighted by molar-refractivity contribution is -0.139. The third-order valence-corrected chi connectivity index (χ3v) is 6.57. The van der Waals surface area contributed by atoms with Crippen LogP contribution in [0.4, 0.5) is 9.18 Å². The number of piperidine rings is 2. The number of morpholine rings is 1. The van der Waals surface area contributed by atoms with Crippen molar-refractivity contribution in [3.05, 3.63) is 29.0 Å². The lowest BCUT2D eigenvalue weighted by Crippen LogP contribution is -2.62. The Bertz CT molecular complexity index is 802. The maximum Gasteiger partial charge on any atom is 0.320 e. The number of urea groups is 1. The average Bonchev–Trinajstić information content (AvgIpc) is 2.74. The molecule has 30 heavy (non-hydrogen) atoms. The van der Waals surface area contributed by atoms with Gasteiger partial charge in [0.15, 0.2) is 0 Å². The van der Waals surface area contributed by atoms with Crippen molar-refractivity contribution in [3.8, 4) is 5.75 Å². The summed E-state index contributed by atoms with van der Waals surface area (Å²) in [5, 5.41) is 3.19. The fourth-order valence-corrected chi connectivity index (χ4v) is 4.71. The second kappa shape index (κ2) is 8.98. The Morgan fingerprint density at radius 3 is 2.73 bits per heavy atom. The van der Waals surface area contributed by atoms with Crippen LogP contribution < -0.4 is 10.1 Å². The van der Waals surface area contributed by atoms with Gasteiger partial charge in [0.1, 0.15) is 18.2 Å². The summed E-state index contributed by atoms with van der Waals surface area (Å²) < 4.78 is 24.7. The predicted octanol–water partition coefficient (Wildman–Crippen LogP) is 2.67. The molecule has 0 bridgehead atoms. The van der Waals surface area contributed by atoms with Gasteiger partial charge in [0.25, 0.3) is 0 Å². The molecule has 164 valence electrons. The number of hydrogen-bond acceptors (Lipinski definition) is 4. The van der Waals surface area contributed by atoms with Crippen LogP contribution in [0.25, 0.3) is 0 Å².